The van der Waals surface area contributed by atoms with Gasteiger partial charge < -0.3 is 29.7 Å². The number of allylic oxidation sites excluding steroid dienone is 1. The zero-order chi connectivity index (χ0) is 38.4. The highest BCUT2D eigenvalue weighted by atomic mass is 79.9. The Balaban J connectivity index is 1.32. The fraction of sp³-hybridized carbons (Fsp3) is 0.500. The van der Waals surface area contributed by atoms with Crippen LogP contribution in [-0.4, -0.2) is 102 Å². The number of aromatic nitrogens is 3. The summed E-state index contributed by atoms with van der Waals surface area (Å²) < 4.78 is 14.7. The van der Waals surface area contributed by atoms with E-state index in [-0.39, 0.29) is 55.3 Å². The number of benzene rings is 2. The number of esters is 1. The van der Waals surface area contributed by atoms with E-state index in [0.717, 1.165) is 18.4 Å². The molecule has 2 N–H and O–H groups in total. The van der Waals surface area contributed by atoms with Crippen LogP contribution in [0, 0.1) is 11.8 Å². The van der Waals surface area contributed by atoms with Gasteiger partial charge in [0.15, 0.2) is 0 Å². The maximum absolute atomic E-state index is 15.0. The number of ether oxygens (including phenoxy) is 2. The zero-order valence-electron chi connectivity index (χ0n) is 30.6. The van der Waals surface area contributed by atoms with Gasteiger partial charge in [0.1, 0.15) is 29.9 Å². The number of amides is 3. The first-order valence-electron chi connectivity index (χ1n) is 18.7. The molecule has 54 heavy (non-hydrogen) atoms. The number of carbonyl (C=O) groups is 4. The average molecular weight is 806 g/mol. The van der Waals surface area contributed by atoms with E-state index in [1.54, 1.807) is 33.6 Å². The SMILES string of the molecule is C=CCCC(=O)N[C@@H](C)[C@H](OC(=O)[C@H]1[C@@H]2O[C@@]3(CC2Br)[C@@H]1C(=O)N(CCCCCCO)[C@@H]3C(=O)N(CC=C)Cn1nnc2ccccc21)c1ccccc1. The van der Waals surface area contributed by atoms with Crippen molar-refractivity contribution in [2.45, 2.75) is 93.3 Å². The van der Waals surface area contributed by atoms with Crippen molar-refractivity contribution >= 4 is 50.7 Å². The zero-order valence-corrected chi connectivity index (χ0v) is 32.2. The van der Waals surface area contributed by atoms with Gasteiger partial charge in [-0.15, -0.1) is 18.3 Å². The van der Waals surface area contributed by atoms with Gasteiger partial charge in [0.05, 0.1) is 29.5 Å². The van der Waals surface area contributed by atoms with E-state index in [1.807, 2.05) is 54.6 Å². The van der Waals surface area contributed by atoms with E-state index in [9.17, 15) is 24.3 Å². The summed E-state index contributed by atoms with van der Waals surface area (Å²) in [6.07, 6.45) is 5.56. The Morgan fingerprint density at radius 2 is 1.85 bits per heavy atom. The standard InChI is InChI=1S/C40H49BrN6O7/c1-4-6-20-31(49)42-26(3)34(27-16-10-9-11-17-27)53-39(52)32-33-37(50)46(22-14-7-8-15-23-48)36(40(33)24-28(41)35(32)54-40)38(51)45(21-5-2)25-47-30-19-13-12-18-29(30)43-44-47/h4-5,9-13,16-19,26,28,32-36,48H,1-2,6-8,14-15,20-25H2,3H3,(H,42,49)/t26-,28?,32+,33-,34-,35+,36+,40-/m0/s1. The van der Waals surface area contributed by atoms with Crippen molar-refractivity contribution in [2.24, 2.45) is 11.8 Å². The second-order valence-corrected chi connectivity index (χ2v) is 15.5. The minimum Gasteiger partial charge on any atom is -0.455 e. The molecule has 4 heterocycles. The summed E-state index contributed by atoms with van der Waals surface area (Å²) in [6.45, 7) is 9.96. The van der Waals surface area contributed by atoms with Crippen LogP contribution < -0.4 is 5.32 Å². The highest BCUT2D eigenvalue weighted by molar-refractivity contribution is 9.09. The molecule has 3 saturated heterocycles. The van der Waals surface area contributed by atoms with Gasteiger partial charge in [-0.2, -0.15) is 0 Å². The van der Waals surface area contributed by atoms with E-state index >= 15 is 0 Å². The smallest absolute Gasteiger partial charge is 0.313 e. The van der Waals surface area contributed by atoms with Crippen molar-refractivity contribution in [2.75, 3.05) is 19.7 Å². The number of fused-ring (bicyclic) bond motifs is 2. The van der Waals surface area contributed by atoms with Crippen LogP contribution in [0.4, 0.5) is 0 Å². The van der Waals surface area contributed by atoms with Crippen LogP contribution in [0.3, 0.4) is 0 Å². The molecule has 3 amide bonds. The van der Waals surface area contributed by atoms with Crippen LogP contribution in [-0.2, 0) is 35.3 Å². The number of alkyl halides is 1. The van der Waals surface area contributed by atoms with Gasteiger partial charge in [0.2, 0.25) is 17.7 Å². The molecule has 2 aromatic carbocycles. The molecule has 14 heteroatoms. The molecule has 1 aromatic heterocycles. The summed E-state index contributed by atoms with van der Waals surface area (Å²) in [6, 6.07) is 15.0. The monoisotopic (exact) mass is 804 g/mol. The number of carbonyl (C=O) groups excluding carboxylic acids is 4. The first-order chi connectivity index (χ1) is 26.1. The third kappa shape index (κ3) is 7.74. The van der Waals surface area contributed by atoms with Crippen molar-refractivity contribution in [3.63, 3.8) is 0 Å². The Hall–Kier alpha value is -4.40. The van der Waals surface area contributed by atoms with Crippen molar-refractivity contribution in [3.05, 3.63) is 85.5 Å². The second kappa shape index (κ2) is 17.4. The second-order valence-electron chi connectivity index (χ2n) is 14.4. The predicted octanol–water partition coefficient (Wildman–Crippen LogP) is 4.46. The summed E-state index contributed by atoms with van der Waals surface area (Å²) in [7, 11) is 0. The Morgan fingerprint density at radius 3 is 2.59 bits per heavy atom. The van der Waals surface area contributed by atoms with Crippen LogP contribution in [0.15, 0.2) is 79.9 Å². The lowest BCUT2D eigenvalue weighted by Crippen LogP contribution is -2.57. The van der Waals surface area contributed by atoms with Gasteiger partial charge in [-0.3, -0.25) is 19.2 Å². The molecule has 8 atom stereocenters. The van der Waals surface area contributed by atoms with Crippen LogP contribution in [0.25, 0.3) is 11.0 Å². The maximum atomic E-state index is 15.0. The van der Waals surface area contributed by atoms with Crippen LogP contribution in [0.2, 0.25) is 0 Å². The lowest BCUT2D eigenvalue weighted by atomic mass is 9.70. The Labute approximate surface area is 323 Å². The highest BCUT2D eigenvalue weighted by Gasteiger charge is 2.77. The topological polar surface area (TPSA) is 156 Å². The van der Waals surface area contributed by atoms with Gasteiger partial charge in [-0.25, -0.2) is 4.68 Å². The van der Waals surface area contributed by atoms with Gasteiger partial charge in [-0.1, -0.05) is 88.6 Å². The molecule has 0 saturated carbocycles. The van der Waals surface area contributed by atoms with Gasteiger partial charge in [-0.05, 0) is 50.3 Å². The lowest BCUT2D eigenvalue weighted by molar-refractivity contribution is -0.162. The third-order valence-electron chi connectivity index (χ3n) is 10.8. The third-order valence-corrected chi connectivity index (χ3v) is 11.6. The maximum Gasteiger partial charge on any atom is 0.313 e. The van der Waals surface area contributed by atoms with Crippen molar-refractivity contribution in [1.82, 2.24) is 30.1 Å². The fourth-order valence-electron chi connectivity index (χ4n) is 8.34. The molecule has 3 aliphatic rings. The molecule has 3 aliphatic heterocycles. The molecule has 2 bridgehead atoms. The van der Waals surface area contributed by atoms with Crippen LogP contribution >= 0.6 is 15.9 Å². The number of aliphatic hydroxyl groups excluding tert-OH is 1. The number of aliphatic hydroxyl groups is 1. The highest BCUT2D eigenvalue weighted by Crippen LogP contribution is 2.60. The van der Waals surface area contributed by atoms with E-state index < -0.39 is 47.7 Å². The molecule has 0 radical (unpaired) electrons. The molecule has 3 fully saturated rings. The summed E-state index contributed by atoms with van der Waals surface area (Å²) >= 11 is 3.76. The molecule has 6 rings (SSSR count). The number of halogens is 1. The van der Waals surface area contributed by atoms with Gasteiger partial charge in [0.25, 0.3) is 0 Å². The van der Waals surface area contributed by atoms with Crippen molar-refractivity contribution in [1.29, 1.82) is 0 Å². The molecular formula is C40H49BrN6O7. The first kappa shape index (κ1) is 39.3. The molecule has 1 spiro atoms. The molecular weight excluding hydrogens is 756 g/mol. The molecule has 13 nitrogen and oxygen atoms in total. The number of hydrogen-bond acceptors (Lipinski definition) is 9. The fourth-order valence-corrected chi connectivity index (χ4v) is 9.28. The summed E-state index contributed by atoms with van der Waals surface area (Å²) in [5, 5.41) is 20.8. The molecule has 0 aliphatic carbocycles. The number of para-hydroxylation sites is 1. The number of nitrogens with zero attached hydrogens (tertiary/aromatic N) is 5. The summed E-state index contributed by atoms with van der Waals surface area (Å²) in [5.41, 5.74) is 0.813. The van der Waals surface area contributed by atoms with E-state index in [1.165, 1.54) is 0 Å². The minimum atomic E-state index is -1.31. The van der Waals surface area contributed by atoms with Crippen molar-refractivity contribution in [3.8, 4) is 0 Å². The van der Waals surface area contributed by atoms with E-state index in [4.69, 9.17) is 9.47 Å². The largest absolute Gasteiger partial charge is 0.455 e. The van der Waals surface area contributed by atoms with Crippen LogP contribution in [0.1, 0.15) is 63.5 Å². The number of rotatable bonds is 19. The number of nitrogens with one attached hydrogen (secondary N) is 1. The lowest BCUT2D eigenvalue weighted by Gasteiger charge is -2.37. The van der Waals surface area contributed by atoms with E-state index in [2.05, 4.69) is 44.7 Å². The molecule has 3 aromatic rings. The Bertz CT molecular complexity index is 1840. The first-order valence-corrected chi connectivity index (χ1v) is 19.6. The number of unbranched alkanes of at least 4 members (excludes halogenated alkanes) is 3. The number of likely N-dealkylation sites (tertiary alicyclic amines) is 1. The molecule has 288 valence electrons. The summed E-state index contributed by atoms with van der Waals surface area (Å²) in [4.78, 5) is 59.8. The minimum absolute atomic E-state index is 0.0585. The van der Waals surface area contributed by atoms with Crippen molar-refractivity contribution < 1.29 is 33.8 Å². The quantitative estimate of drug-likeness (QED) is 0.0774. The van der Waals surface area contributed by atoms with Gasteiger partial charge >= 0.3 is 5.97 Å². The predicted molar refractivity (Wildman–Crippen MR) is 205 cm³/mol. The van der Waals surface area contributed by atoms with E-state index in [0.29, 0.717) is 36.8 Å². The number of hydrogen-bond donors (Lipinski definition) is 2. The molecule has 1 unspecified atom stereocenters. The Morgan fingerprint density at radius 1 is 1.11 bits per heavy atom. The van der Waals surface area contributed by atoms with Gasteiger partial charge in [0, 0.05) is 30.9 Å². The normalized spacial score (nSPS) is 25.3. The summed E-state index contributed by atoms with van der Waals surface area (Å²) in [5.74, 6) is -3.47. The van der Waals surface area contributed by atoms with Crippen LogP contribution in [0.5, 0.6) is 0 Å². The average Bonchev–Trinajstić information content (AvgIpc) is 3.89. The Kier molecular flexibility index (Phi) is 12.6.